The Labute approximate surface area is 189 Å². The molecule has 5 rings (SSSR count). The average Bonchev–Trinajstić information content (AvgIpc) is 2.72. The van der Waals surface area contributed by atoms with E-state index in [-0.39, 0.29) is 11.6 Å². The smallest absolute Gasteiger partial charge is 0.133 e. The summed E-state index contributed by atoms with van der Waals surface area (Å²) < 4.78 is 0. The Morgan fingerprint density at radius 1 is 0.844 bits per heavy atom. The van der Waals surface area contributed by atoms with Crippen LogP contribution in [0, 0.1) is 20.8 Å². The summed E-state index contributed by atoms with van der Waals surface area (Å²) >= 11 is 0. The maximum atomic E-state index is 12.9. The second kappa shape index (κ2) is 7.81. The highest BCUT2D eigenvalue weighted by molar-refractivity contribution is 5.89. The first-order valence-electron chi connectivity index (χ1n) is 11.6. The lowest BCUT2D eigenvalue weighted by molar-refractivity contribution is -0.125. The molecule has 0 bridgehead atoms. The van der Waals surface area contributed by atoms with Crippen LogP contribution in [0.15, 0.2) is 48.7 Å². The number of ketones is 2. The van der Waals surface area contributed by atoms with Crippen molar-refractivity contribution in [3.63, 3.8) is 0 Å². The molecule has 1 aromatic heterocycles. The third-order valence-electron chi connectivity index (χ3n) is 7.21. The van der Waals surface area contributed by atoms with Gasteiger partial charge in [-0.2, -0.15) is 0 Å². The van der Waals surface area contributed by atoms with Gasteiger partial charge in [0.1, 0.15) is 11.6 Å². The molecular weight excluding hydrogens is 394 g/mol. The molecule has 0 aliphatic heterocycles. The largest absolute Gasteiger partial charge is 0.300 e. The van der Waals surface area contributed by atoms with E-state index >= 15 is 0 Å². The lowest BCUT2D eigenvalue weighted by Crippen LogP contribution is -2.38. The molecule has 0 radical (unpaired) electrons. The zero-order valence-corrected chi connectivity index (χ0v) is 19.1. The Morgan fingerprint density at radius 3 is 2.22 bits per heavy atom. The van der Waals surface area contributed by atoms with Crippen molar-refractivity contribution in [1.82, 2.24) is 4.98 Å². The van der Waals surface area contributed by atoms with Gasteiger partial charge in [-0.15, -0.1) is 0 Å². The Kier molecular flexibility index (Phi) is 5.08. The molecule has 0 unspecified atom stereocenters. The van der Waals surface area contributed by atoms with Crippen LogP contribution in [-0.4, -0.2) is 16.6 Å². The number of aryl methyl sites for hydroxylation is 3. The molecule has 0 saturated heterocycles. The van der Waals surface area contributed by atoms with Gasteiger partial charge in [0.15, 0.2) is 0 Å². The van der Waals surface area contributed by atoms with Crippen molar-refractivity contribution >= 4 is 11.6 Å². The van der Waals surface area contributed by atoms with E-state index in [1.165, 1.54) is 22.3 Å². The normalized spacial score (nSPS) is 17.5. The van der Waals surface area contributed by atoms with Crippen LogP contribution in [0.5, 0.6) is 0 Å². The Bertz CT molecular complexity index is 1210. The van der Waals surface area contributed by atoms with Crippen LogP contribution in [0.3, 0.4) is 0 Å². The number of aromatic nitrogens is 1. The number of fused-ring (bicyclic) bond motifs is 4. The molecule has 3 heteroatoms. The molecule has 0 atom stereocenters. The van der Waals surface area contributed by atoms with Gasteiger partial charge in [-0.3, -0.25) is 14.6 Å². The number of hydrogen-bond donors (Lipinski definition) is 0. The molecular formula is C29H29NO2. The van der Waals surface area contributed by atoms with Crippen LogP contribution in [0.1, 0.15) is 59.9 Å². The van der Waals surface area contributed by atoms with Crippen LogP contribution in [0.25, 0.3) is 22.4 Å². The van der Waals surface area contributed by atoms with Gasteiger partial charge in [0.25, 0.3) is 0 Å². The molecule has 0 amide bonds. The summed E-state index contributed by atoms with van der Waals surface area (Å²) in [5, 5.41) is 0. The van der Waals surface area contributed by atoms with Crippen molar-refractivity contribution in [3.8, 4) is 22.4 Å². The molecule has 2 aliphatic carbocycles. The fraction of sp³-hybridized carbons (Fsp3) is 0.345. The molecule has 32 heavy (non-hydrogen) atoms. The van der Waals surface area contributed by atoms with Gasteiger partial charge < -0.3 is 0 Å². The Hall–Kier alpha value is -3.07. The Balaban J connectivity index is 1.76. The van der Waals surface area contributed by atoms with Crippen LogP contribution in [0.2, 0.25) is 0 Å². The predicted molar refractivity (Wildman–Crippen MR) is 128 cm³/mol. The van der Waals surface area contributed by atoms with Crippen molar-refractivity contribution in [3.05, 3.63) is 76.5 Å². The molecule has 0 N–H and O–H groups in total. The third-order valence-corrected chi connectivity index (χ3v) is 7.21. The number of nitrogens with zero attached hydrogens (tertiary/aromatic N) is 1. The van der Waals surface area contributed by atoms with E-state index in [9.17, 15) is 9.59 Å². The van der Waals surface area contributed by atoms with Crippen LogP contribution in [-0.2, 0) is 21.4 Å². The van der Waals surface area contributed by atoms with E-state index in [0.717, 1.165) is 27.9 Å². The van der Waals surface area contributed by atoms with Crippen LogP contribution < -0.4 is 0 Å². The van der Waals surface area contributed by atoms with Crippen molar-refractivity contribution in [2.45, 2.75) is 64.7 Å². The molecule has 3 aromatic rings. The van der Waals surface area contributed by atoms with Crippen LogP contribution in [0.4, 0.5) is 0 Å². The van der Waals surface area contributed by atoms with Gasteiger partial charge in [0.05, 0.1) is 5.69 Å². The van der Waals surface area contributed by atoms with Crippen molar-refractivity contribution in [2.75, 3.05) is 0 Å². The summed E-state index contributed by atoms with van der Waals surface area (Å²) in [6.45, 7) is 6.44. The first kappa shape index (κ1) is 20.8. The molecule has 2 aromatic carbocycles. The standard InChI is InChI=1S/C29H29NO2/c1-18-12-19(2)27(20(3)13-18)21-9-10-25-26(14-21)29(15-22-6-5-11-30-28(22)25)16-23(31)7-4-8-24(32)17-29/h5-6,9-14H,4,7-8,15-17H2,1-3H3. The second-order valence-electron chi connectivity index (χ2n) is 9.79. The quantitative estimate of drug-likeness (QED) is 0.466. The first-order chi connectivity index (χ1) is 15.4. The van der Waals surface area contributed by atoms with Gasteiger partial charge in [-0.1, -0.05) is 35.9 Å². The molecule has 3 nitrogen and oxygen atoms in total. The van der Waals surface area contributed by atoms with E-state index in [1.54, 1.807) is 0 Å². The first-order valence-corrected chi connectivity index (χ1v) is 11.6. The minimum Gasteiger partial charge on any atom is -0.300 e. The van der Waals surface area contributed by atoms with Crippen molar-refractivity contribution in [1.29, 1.82) is 0 Å². The summed E-state index contributed by atoms with van der Waals surface area (Å²) in [5.41, 5.74) is 9.96. The molecule has 1 fully saturated rings. The van der Waals surface area contributed by atoms with E-state index in [1.807, 2.05) is 12.3 Å². The molecule has 1 spiro atoms. The van der Waals surface area contributed by atoms with Crippen molar-refractivity contribution in [2.24, 2.45) is 0 Å². The summed E-state index contributed by atoms with van der Waals surface area (Å²) in [4.78, 5) is 30.5. The SMILES string of the molecule is Cc1cc(C)c(-c2ccc3c(c2)C2(CC(=O)CCCC(=O)C2)Cc2cccnc2-3)c(C)c1. The number of benzene rings is 2. The number of pyridine rings is 1. The number of hydrogen-bond acceptors (Lipinski definition) is 3. The second-order valence-corrected chi connectivity index (χ2v) is 9.79. The van der Waals surface area contributed by atoms with E-state index in [2.05, 4.69) is 57.2 Å². The predicted octanol–water partition coefficient (Wildman–Crippen LogP) is 6.24. The number of Topliss-reactive ketones (excluding diaryl/α,β-unsaturated/α-hetero) is 2. The minimum absolute atomic E-state index is 0.267. The van der Waals surface area contributed by atoms with Crippen molar-refractivity contribution < 1.29 is 9.59 Å². The highest BCUT2D eigenvalue weighted by Crippen LogP contribution is 2.49. The van der Waals surface area contributed by atoms with Gasteiger partial charge >= 0.3 is 0 Å². The van der Waals surface area contributed by atoms with Gasteiger partial charge in [0, 0.05) is 42.9 Å². The highest BCUT2D eigenvalue weighted by Gasteiger charge is 2.43. The molecule has 2 aliphatic rings. The lowest BCUT2D eigenvalue weighted by Gasteiger charge is -2.40. The van der Waals surface area contributed by atoms with Gasteiger partial charge in [-0.25, -0.2) is 0 Å². The fourth-order valence-electron chi connectivity index (χ4n) is 6.06. The van der Waals surface area contributed by atoms with Gasteiger partial charge in [0.2, 0.25) is 0 Å². The zero-order chi connectivity index (χ0) is 22.5. The maximum Gasteiger partial charge on any atom is 0.133 e. The fourth-order valence-corrected chi connectivity index (χ4v) is 6.06. The molecule has 1 saturated carbocycles. The maximum absolute atomic E-state index is 12.9. The monoisotopic (exact) mass is 423 g/mol. The Morgan fingerprint density at radius 2 is 1.53 bits per heavy atom. The highest BCUT2D eigenvalue weighted by atomic mass is 16.1. The van der Waals surface area contributed by atoms with E-state index < -0.39 is 5.41 Å². The number of rotatable bonds is 1. The number of carbonyl (C=O) groups excluding carboxylic acids is 2. The zero-order valence-electron chi connectivity index (χ0n) is 19.1. The van der Waals surface area contributed by atoms with Crippen LogP contribution >= 0.6 is 0 Å². The summed E-state index contributed by atoms with van der Waals surface area (Å²) in [6.07, 6.45) is 5.05. The third kappa shape index (κ3) is 3.50. The topological polar surface area (TPSA) is 47.0 Å². The summed E-state index contributed by atoms with van der Waals surface area (Å²) in [7, 11) is 0. The molecule has 162 valence electrons. The average molecular weight is 424 g/mol. The van der Waals surface area contributed by atoms with Gasteiger partial charge in [-0.05, 0) is 79.1 Å². The molecule has 1 heterocycles. The van der Waals surface area contributed by atoms with E-state index in [0.29, 0.717) is 38.5 Å². The summed E-state index contributed by atoms with van der Waals surface area (Å²) in [6, 6.07) is 15.1. The lowest BCUT2D eigenvalue weighted by atomic mass is 9.62. The minimum atomic E-state index is -0.484. The van der Waals surface area contributed by atoms with E-state index in [4.69, 9.17) is 4.98 Å². The number of carbonyl (C=O) groups is 2. The summed E-state index contributed by atoms with van der Waals surface area (Å²) in [5.74, 6) is 0.535.